The number of rotatable bonds is 9. The van der Waals surface area contributed by atoms with E-state index in [1.165, 1.54) is 0 Å². The van der Waals surface area contributed by atoms with Crippen LogP contribution in [-0.2, 0) is 10.2 Å². The van der Waals surface area contributed by atoms with E-state index in [-0.39, 0.29) is 29.8 Å². The maximum absolute atomic E-state index is 12.4. The van der Waals surface area contributed by atoms with Gasteiger partial charge in [0.2, 0.25) is 5.91 Å². The highest BCUT2D eigenvalue weighted by Crippen LogP contribution is 2.30. The molecule has 2 rings (SSSR count). The van der Waals surface area contributed by atoms with Crippen LogP contribution in [0.5, 0.6) is 11.5 Å². The van der Waals surface area contributed by atoms with Gasteiger partial charge in [-0.05, 0) is 61.6 Å². The molecule has 0 aromatic heterocycles. The SMILES string of the molecule is CCOc1ccc(C(C)NC(=O)CNC(=O)c2ccc(C(C)(C)C)cc2)cc1OCC. The molecule has 0 bridgehead atoms. The summed E-state index contributed by atoms with van der Waals surface area (Å²) in [7, 11) is 0. The van der Waals surface area contributed by atoms with E-state index in [0.29, 0.717) is 30.3 Å². The molecule has 6 heteroatoms. The molecule has 0 fully saturated rings. The third-order valence-corrected chi connectivity index (χ3v) is 4.87. The number of carbonyl (C=O) groups excluding carboxylic acids is 2. The Labute approximate surface area is 185 Å². The first-order chi connectivity index (χ1) is 14.7. The predicted molar refractivity (Wildman–Crippen MR) is 123 cm³/mol. The highest BCUT2D eigenvalue weighted by molar-refractivity contribution is 5.96. The lowest BCUT2D eigenvalue weighted by Crippen LogP contribution is -2.38. The van der Waals surface area contributed by atoms with Gasteiger partial charge in [0.05, 0.1) is 25.8 Å². The van der Waals surface area contributed by atoms with Gasteiger partial charge in [-0.2, -0.15) is 0 Å². The first-order valence-corrected chi connectivity index (χ1v) is 10.7. The van der Waals surface area contributed by atoms with Gasteiger partial charge in [-0.1, -0.05) is 39.0 Å². The fourth-order valence-electron chi connectivity index (χ4n) is 3.10. The van der Waals surface area contributed by atoms with Crippen molar-refractivity contribution < 1.29 is 19.1 Å². The van der Waals surface area contributed by atoms with Gasteiger partial charge < -0.3 is 20.1 Å². The Balaban J connectivity index is 1.93. The minimum absolute atomic E-state index is 0.0218. The number of amides is 2. The molecule has 2 aromatic carbocycles. The minimum Gasteiger partial charge on any atom is -0.490 e. The topological polar surface area (TPSA) is 76.7 Å². The maximum atomic E-state index is 12.4. The lowest BCUT2D eigenvalue weighted by atomic mass is 9.87. The molecule has 6 nitrogen and oxygen atoms in total. The van der Waals surface area contributed by atoms with Crippen LogP contribution in [0.3, 0.4) is 0 Å². The van der Waals surface area contributed by atoms with Crippen molar-refractivity contribution in [3.8, 4) is 11.5 Å². The molecule has 31 heavy (non-hydrogen) atoms. The van der Waals surface area contributed by atoms with Crippen LogP contribution in [0, 0.1) is 0 Å². The van der Waals surface area contributed by atoms with E-state index in [9.17, 15) is 9.59 Å². The van der Waals surface area contributed by atoms with Gasteiger partial charge in [0, 0.05) is 5.56 Å². The molecule has 1 atom stereocenters. The number of carbonyl (C=O) groups is 2. The fraction of sp³-hybridized carbons (Fsp3) is 0.440. The molecule has 0 spiro atoms. The molecule has 0 heterocycles. The number of hydrogen-bond acceptors (Lipinski definition) is 4. The number of hydrogen-bond donors (Lipinski definition) is 2. The van der Waals surface area contributed by atoms with Gasteiger partial charge in [-0.3, -0.25) is 9.59 Å². The van der Waals surface area contributed by atoms with Crippen molar-refractivity contribution in [2.75, 3.05) is 19.8 Å². The average Bonchev–Trinajstić information content (AvgIpc) is 2.73. The molecule has 0 radical (unpaired) electrons. The standard InChI is InChI=1S/C25H34N2O4/c1-7-30-21-14-11-19(15-22(21)31-8-2)17(3)27-23(28)16-26-24(29)18-9-12-20(13-10-18)25(4,5)6/h9-15,17H,7-8,16H2,1-6H3,(H,26,29)(H,27,28). The van der Waals surface area contributed by atoms with E-state index in [2.05, 4.69) is 31.4 Å². The van der Waals surface area contributed by atoms with Gasteiger partial charge in [-0.25, -0.2) is 0 Å². The summed E-state index contributed by atoms with van der Waals surface area (Å²) in [5, 5.41) is 5.58. The molecule has 0 saturated heterocycles. The zero-order valence-corrected chi connectivity index (χ0v) is 19.4. The van der Waals surface area contributed by atoms with Crippen molar-refractivity contribution in [2.45, 2.75) is 53.0 Å². The minimum atomic E-state index is -0.275. The Morgan fingerprint density at radius 2 is 1.55 bits per heavy atom. The molecule has 168 valence electrons. The molecular weight excluding hydrogens is 392 g/mol. The van der Waals surface area contributed by atoms with Crippen LogP contribution in [0.15, 0.2) is 42.5 Å². The van der Waals surface area contributed by atoms with Crippen LogP contribution in [0.25, 0.3) is 0 Å². The third-order valence-electron chi connectivity index (χ3n) is 4.87. The highest BCUT2D eigenvalue weighted by atomic mass is 16.5. The van der Waals surface area contributed by atoms with Crippen molar-refractivity contribution in [2.24, 2.45) is 0 Å². The zero-order valence-electron chi connectivity index (χ0n) is 19.4. The molecule has 2 amide bonds. The van der Waals surface area contributed by atoms with Crippen LogP contribution in [0.4, 0.5) is 0 Å². The van der Waals surface area contributed by atoms with E-state index in [0.717, 1.165) is 11.1 Å². The van der Waals surface area contributed by atoms with E-state index < -0.39 is 0 Å². The Morgan fingerprint density at radius 3 is 2.13 bits per heavy atom. The summed E-state index contributed by atoms with van der Waals surface area (Å²) < 4.78 is 11.2. The second kappa shape index (κ2) is 10.8. The van der Waals surface area contributed by atoms with Crippen LogP contribution in [-0.4, -0.2) is 31.6 Å². The lowest BCUT2D eigenvalue weighted by Gasteiger charge is -2.19. The first-order valence-electron chi connectivity index (χ1n) is 10.7. The number of ether oxygens (including phenoxy) is 2. The zero-order chi connectivity index (χ0) is 23.0. The van der Waals surface area contributed by atoms with Crippen molar-refractivity contribution in [1.82, 2.24) is 10.6 Å². The predicted octanol–water partition coefficient (Wildman–Crippen LogP) is 4.39. The van der Waals surface area contributed by atoms with Gasteiger partial charge in [0.25, 0.3) is 5.91 Å². The van der Waals surface area contributed by atoms with Crippen molar-refractivity contribution in [3.63, 3.8) is 0 Å². The smallest absolute Gasteiger partial charge is 0.251 e. The summed E-state index contributed by atoms with van der Waals surface area (Å²) in [6.45, 7) is 13.0. The van der Waals surface area contributed by atoms with Gasteiger partial charge in [0.15, 0.2) is 11.5 Å². The van der Waals surface area contributed by atoms with E-state index in [4.69, 9.17) is 9.47 Å². The Kier molecular flexibility index (Phi) is 8.48. The Bertz CT molecular complexity index is 885. The quantitative estimate of drug-likeness (QED) is 0.624. The summed E-state index contributed by atoms with van der Waals surface area (Å²) in [5.74, 6) is 0.785. The number of nitrogens with one attached hydrogen (secondary N) is 2. The summed E-state index contributed by atoms with van der Waals surface area (Å²) in [6, 6.07) is 12.8. The summed E-state index contributed by atoms with van der Waals surface area (Å²) in [6.07, 6.45) is 0. The Hall–Kier alpha value is -3.02. The first kappa shape index (κ1) is 24.3. The van der Waals surface area contributed by atoms with E-state index >= 15 is 0 Å². The normalized spacial score (nSPS) is 12.1. The van der Waals surface area contributed by atoms with Crippen molar-refractivity contribution >= 4 is 11.8 Å². The van der Waals surface area contributed by atoms with Gasteiger partial charge in [-0.15, -0.1) is 0 Å². The highest BCUT2D eigenvalue weighted by Gasteiger charge is 2.16. The van der Waals surface area contributed by atoms with E-state index in [1.807, 2.05) is 51.1 Å². The van der Waals surface area contributed by atoms with Crippen LogP contribution in [0.2, 0.25) is 0 Å². The van der Waals surface area contributed by atoms with Crippen molar-refractivity contribution in [1.29, 1.82) is 0 Å². The monoisotopic (exact) mass is 426 g/mol. The molecule has 0 aliphatic rings. The molecule has 2 N–H and O–H groups in total. The maximum Gasteiger partial charge on any atom is 0.251 e. The molecule has 0 aliphatic heterocycles. The van der Waals surface area contributed by atoms with Gasteiger partial charge >= 0.3 is 0 Å². The van der Waals surface area contributed by atoms with Crippen LogP contribution < -0.4 is 20.1 Å². The second-order valence-corrected chi connectivity index (χ2v) is 8.37. The van der Waals surface area contributed by atoms with Crippen LogP contribution >= 0.6 is 0 Å². The summed E-state index contributed by atoms with van der Waals surface area (Å²) >= 11 is 0. The largest absolute Gasteiger partial charge is 0.490 e. The lowest BCUT2D eigenvalue weighted by molar-refractivity contribution is -0.120. The molecular formula is C25H34N2O4. The molecule has 1 unspecified atom stereocenters. The molecule has 0 saturated carbocycles. The van der Waals surface area contributed by atoms with Crippen molar-refractivity contribution in [3.05, 3.63) is 59.2 Å². The average molecular weight is 427 g/mol. The number of benzene rings is 2. The fourth-order valence-corrected chi connectivity index (χ4v) is 3.10. The molecule has 0 aliphatic carbocycles. The Morgan fingerprint density at radius 1 is 0.935 bits per heavy atom. The van der Waals surface area contributed by atoms with E-state index in [1.54, 1.807) is 12.1 Å². The summed E-state index contributed by atoms with van der Waals surface area (Å²) in [5.41, 5.74) is 2.59. The third kappa shape index (κ3) is 7.02. The second-order valence-electron chi connectivity index (χ2n) is 8.37. The van der Waals surface area contributed by atoms with Crippen LogP contribution in [0.1, 0.15) is 69.1 Å². The molecule has 2 aromatic rings. The van der Waals surface area contributed by atoms with Gasteiger partial charge in [0.1, 0.15) is 0 Å². The summed E-state index contributed by atoms with van der Waals surface area (Å²) in [4.78, 5) is 24.7.